The molecule has 2 aromatic carbocycles. The first-order chi connectivity index (χ1) is 12.8. The first-order valence-electron chi connectivity index (χ1n) is 8.68. The fraction of sp³-hybridized carbons (Fsp3) is 0.400. The molecule has 4 N–H and O–H groups in total. The van der Waals surface area contributed by atoms with Gasteiger partial charge in [0.05, 0.1) is 32.0 Å². The summed E-state index contributed by atoms with van der Waals surface area (Å²) in [6.45, 7) is -0.191. The Bertz CT molecular complexity index is 777. The third kappa shape index (κ3) is 4.27. The molecule has 0 saturated carbocycles. The molecule has 0 aromatic heterocycles. The Morgan fingerprint density at radius 2 is 1.85 bits per heavy atom. The van der Waals surface area contributed by atoms with E-state index in [1.807, 2.05) is 0 Å². The van der Waals surface area contributed by atoms with Crippen molar-refractivity contribution < 1.29 is 29.9 Å². The standard InChI is InChI=1S/C20H23ClO6/c1-26-15-5-3-13(4-6-15)20(24,25)17-8-12(2-7-18(17)21)19-10-14(23)9-16(11-22)27-19/h2-8,14,16,19,22-25H,9-11H2,1H3. The van der Waals surface area contributed by atoms with Crippen molar-refractivity contribution in [2.24, 2.45) is 0 Å². The molecule has 0 spiro atoms. The molecule has 0 aliphatic carbocycles. The first kappa shape index (κ1) is 20.1. The van der Waals surface area contributed by atoms with Crippen LogP contribution in [0.2, 0.25) is 5.02 Å². The predicted molar refractivity (Wildman–Crippen MR) is 99.6 cm³/mol. The average molecular weight is 395 g/mol. The van der Waals surface area contributed by atoms with Gasteiger partial charge in [0.25, 0.3) is 0 Å². The molecule has 0 amide bonds. The molecular weight excluding hydrogens is 372 g/mol. The van der Waals surface area contributed by atoms with Crippen LogP contribution < -0.4 is 4.74 Å². The van der Waals surface area contributed by atoms with E-state index in [2.05, 4.69) is 0 Å². The van der Waals surface area contributed by atoms with Crippen molar-refractivity contribution in [3.8, 4) is 5.75 Å². The molecule has 7 heteroatoms. The van der Waals surface area contributed by atoms with Gasteiger partial charge in [0, 0.05) is 29.0 Å². The van der Waals surface area contributed by atoms with Crippen LogP contribution in [0.15, 0.2) is 42.5 Å². The van der Waals surface area contributed by atoms with Crippen molar-refractivity contribution in [2.75, 3.05) is 13.7 Å². The van der Waals surface area contributed by atoms with Crippen LogP contribution in [0.25, 0.3) is 0 Å². The van der Waals surface area contributed by atoms with Crippen molar-refractivity contribution >= 4 is 11.6 Å². The van der Waals surface area contributed by atoms with Gasteiger partial charge >= 0.3 is 0 Å². The molecule has 146 valence electrons. The van der Waals surface area contributed by atoms with E-state index in [4.69, 9.17) is 21.1 Å². The highest BCUT2D eigenvalue weighted by Gasteiger charge is 2.34. The zero-order valence-electron chi connectivity index (χ0n) is 14.9. The normalized spacial score (nSPS) is 23.3. The monoisotopic (exact) mass is 394 g/mol. The number of halogens is 1. The second-order valence-corrected chi connectivity index (χ2v) is 7.10. The van der Waals surface area contributed by atoms with E-state index in [-0.39, 0.29) is 22.8 Å². The molecule has 3 rings (SSSR count). The van der Waals surface area contributed by atoms with Crippen molar-refractivity contribution in [3.63, 3.8) is 0 Å². The van der Waals surface area contributed by atoms with E-state index in [9.17, 15) is 20.4 Å². The topological polar surface area (TPSA) is 99.4 Å². The molecule has 1 saturated heterocycles. The lowest BCUT2D eigenvalue weighted by atomic mass is 9.91. The van der Waals surface area contributed by atoms with Gasteiger partial charge in [-0.15, -0.1) is 0 Å². The first-order valence-corrected chi connectivity index (χ1v) is 9.06. The van der Waals surface area contributed by atoms with Gasteiger partial charge < -0.3 is 29.9 Å². The molecule has 3 unspecified atom stereocenters. The third-order valence-corrected chi connectivity index (χ3v) is 5.14. The second-order valence-electron chi connectivity index (χ2n) is 6.69. The lowest BCUT2D eigenvalue weighted by molar-refractivity contribution is -0.132. The van der Waals surface area contributed by atoms with Crippen LogP contribution in [0.3, 0.4) is 0 Å². The summed E-state index contributed by atoms with van der Waals surface area (Å²) in [6, 6.07) is 11.2. The van der Waals surface area contributed by atoms with Gasteiger partial charge in [-0.05, 0) is 42.0 Å². The smallest absolute Gasteiger partial charge is 0.218 e. The predicted octanol–water partition coefficient (Wildman–Crippen LogP) is 2.11. The lowest BCUT2D eigenvalue weighted by Gasteiger charge is -2.33. The van der Waals surface area contributed by atoms with E-state index in [1.165, 1.54) is 7.11 Å². The Labute approximate surface area is 162 Å². The van der Waals surface area contributed by atoms with E-state index < -0.39 is 24.1 Å². The summed E-state index contributed by atoms with van der Waals surface area (Å²) in [5.74, 6) is -1.72. The number of aliphatic hydroxyl groups excluding tert-OH is 2. The molecule has 0 bridgehead atoms. The van der Waals surface area contributed by atoms with Crippen LogP contribution >= 0.6 is 11.6 Å². The van der Waals surface area contributed by atoms with E-state index in [1.54, 1.807) is 42.5 Å². The van der Waals surface area contributed by atoms with Crippen LogP contribution in [0, 0.1) is 0 Å². The van der Waals surface area contributed by atoms with E-state index in [0.717, 1.165) is 0 Å². The van der Waals surface area contributed by atoms with Crippen molar-refractivity contribution in [3.05, 3.63) is 64.2 Å². The maximum atomic E-state index is 10.8. The van der Waals surface area contributed by atoms with Crippen LogP contribution in [0.1, 0.15) is 35.6 Å². The number of hydrogen-bond acceptors (Lipinski definition) is 6. The average Bonchev–Trinajstić information content (AvgIpc) is 2.67. The van der Waals surface area contributed by atoms with Crippen LogP contribution in [-0.2, 0) is 10.5 Å². The molecule has 2 aromatic rings. The summed E-state index contributed by atoms with van der Waals surface area (Å²) in [5, 5.41) is 41.1. The number of rotatable bonds is 5. The minimum absolute atomic E-state index is 0.107. The van der Waals surface area contributed by atoms with Gasteiger partial charge in [-0.2, -0.15) is 0 Å². The van der Waals surface area contributed by atoms with Gasteiger partial charge in [-0.3, -0.25) is 0 Å². The maximum Gasteiger partial charge on any atom is 0.218 e. The summed E-state index contributed by atoms with van der Waals surface area (Å²) < 4.78 is 10.9. The Kier molecular flexibility index (Phi) is 6.05. The highest BCUT2D eigenvalue weighted by molar-refractivity contribution is 6.31. The zero-order valence-corrected chi connectivity index (χ0v) is 15.6. The number of ether oxygens (including phenoxy) is 2. The number of methoxy groups -OCH3 is 1. The van der Waals surface area contributed by atoms with Gasteiger partial charge in [0.15, 0.2) is 0 Å². The molecular formula is C20H23ClO6. The van der Waals surface area contributed by atoms with Crippen LogP contribution in [0.5, 0.6) is 5.75 Å². The van der Waals surface area contributed by atoms with Gasteiger partial charge in [-0.1, -0.05) is 17.7 Å². The maximum absolute atomic E-state index is 10.8. The Hall–Kier alpha value is -1.67. The highest BCUT2D eigenvalue weighted by atomic mass is 35.5. The number of aliphatic hydroxyl groups is 4. The minimum atomic E-state index is -2.32. The van der Waals surface area contributed by atoms with Gasteiger partial charge in [0.2, 0.25) is 5.79 Å². The SMILES string of the molecule is COc1ccc(C(O)(O)c2cc(C3CC(O)CC(CO)O3)ccc2Cl)cc1. The van der Waals surface area contributed by atoms with E-state index in [0.29, 0.717) is 24.2 Å². The summed E-state index contributed by atoms with van der Waals surface area (Å²) in [4.78, 5) is 0. The van der Waals surface area contributed by atoms with Crippen molar-refractivity contribution in [1.29, 1.82) is 0 Å². The highest BCUT2D eigenvalue weighted by Crippen LogP contribution is 2.38. The second kappa shape index (κ2) is 8.14. The Morgan fingerprint density at radius 3 is 2.48 bits per heavy atom. The largest absolute Gasteiger partial charge is 0.497 e. The molecule has 1 heterocycles. The van der Waals surface area contributed by atoms with Crippen LogP contribution in [0.4, 0.5) is 0 Å². The van der Waals surface area contributed by atoms with Crippen molar-refractivity contribution in [2.45, 2.75) is 36.9 Å². The molecule has 1 aliphatic heterocycles. The fourth-order valence-corrected chi connectivity index (χ4v) is 3.56. The molecule has 0 radical (unpaired) electrons. The molecule has 6 nitrogen and oxygen atoms in total. The fourth-order valence-electron chi connectivity index (χ4n) is 3.31. The summed E-state index contributed by atoms with van der Waals surface area (Å²) in [7, 11) is 1.53. The van der Waals surface area contributed by atoms with Gasteiger partial charge in [-0.25, -0.2) is 0 Å². The number of benzene rings is 2. The lowest BCUT2D eigenvalue weighted by Crippen LogP contribution is -2.34. The third-order valence-electron chi connectivity index (χ3n) is 4.81. The molecule has 1 fully saturated rings. The number of hydrogen-bond donors (Lipinski definition) is 4. The van der Waals surface area contributed by atoms with E-state index >= 15 is 0 Å². The zero-order chi connectivity index (χ0) is 19.6. The Balaban J connectivity index is 1.94. The van der Waals surface area contributed by atoms with Crippen molar-refractivity contribution in [1.82, 2.24) is 0 Å². The molecule has 27 heavy (non-hydrogen) atoms. The Morgan fingerprint density at radius 1 is 1.15 bits per heavy atom. The molecule has 3 atom stereocenters. The quantitative estimate of drug-likeness (QED) is 0.580. The minimum Gasteiger partial charge on any atom is -0.497 e. The summed E-state index contributed by atoms with van der Waals surface area (Å²) in [5.41, 5.74) is 0.990. The van der Waals surface area contributed by atoms with Crippen LogP contribution in [-0.4, -0.2) is 46.4 Å². The summed E-state index contributed by atoms with van der Waals surface area (Å²) in [6.07, 6.45) is -0.830. The van der Waals surface area contributed by atoms with Gasteiger partial charge in [0.1, 0.15) is 5.75 Å². The summed E-state index contributed by atoms with van der Waals surface area (Å²) >= 11 is 6.24. The molecule has 1 aliphatic rings.